The van der Waals surface area contributed by atoms with Crippen LogP contribution < -0.4 is 10.1 Å². The van der Waals surface area contributed by atoms with Crippen molar-refractivity contribution < 1.29 is 9.53 Å². The van der Waals surface area contributed by atoms with E-state index >= 15 is 0 Å². The summed E-state index contributed by atoms with van der Waals surface area (Å²) < 4.78 is 5.61. The Hall–Kier alpha value is -1.99. The molecule has 0 bridgehead atoms. The first kappa shape index (κ1) is 18.8. The molecule has 1 aromatic rings. The number of rotatable bonds is 6. The summed E-state index contributed by atoms with van der Waals surface area (Å²) in [6.07, 6.45) is 13.2. The van der Waals surface area contributed by atoms with Crippen molar-refractivity contribution in [3.8, 4) is 18.1 Å². The average molecular weight is 354 g/mol. The lowest BCUT2D eigenvalue weighted by Crippen LogP contribution is -2.51. The van der Waals surface area contributed by atoms with Gasteiger partial charge in [0, 0.05) is 17.5 Å². The molecule has 1 saturated heterocycles. The van der Waals surface area contributed by atoms with Crippen molar-refractivity contribution in [3.63, 3.8) is 0 Å². The molecule has 1 N–H and O–H groups in total. The van der Waals surface area contributed by atoms with Gasteiger partial charge in [0.1, 0.15) is 5.75 Å². The number of likely N-dealkylation sites (tertiary alicyclic amines) is 1. The first-order chi connectivity index (χ1) is 12.7. The number of terminal acetylenes is 1. The molecule has 2 aliphatic rings. The molecule has 1 atom stereocenters. The maximum Gasteiger partial charge on any atom is 0.237 e. The van der Waals surface area contributed by atoms with Gasteiger partial charge in [0.2, 0.25) is 5.91 Å². The Morgan fingerprint density at radius 3 is 2.81 bits per heavy atom. The molecule has 1 heterocycles. The minimum atomic E-state index is -0.0871. The number of para-hydroxylation sites is 1. The second-order valence-electron chi connectivity index (χ2n) is 7.59. The van der Waals surface area contributed by atoms with Crippen LogP contribution in [0, 0.1) is 12.3 Å². The Bertz CT molecular complexity index is 658. The lowest BCUT2D eigenvalue weighted by Gasteiger charge is -2.35. The molecule has 4 nitrogen and oxygen atoms in total. The molecule has 2 fully saturated rings. The highest BCUT2D eigenvalue weighted by Gasteiger charge is 2.39. The number of hydrogen-bond acceptors (Lipinski definition) is 3. The van der Waals surface area contributed by atoms with E-state index in [1.807, 2.05) is 12.1 Å². The maximum absolute atomic E-state index is 12.9. The van der Waals surface area contributed by atoms with Gasteiger partial charge in [-0.05, 0) is 38.3 Å². The number of piperidine rings is 1. The number of carbonyl (C=O) groups excluding carboxylic acids is 1. The Morgan fingerprint density at radius 2 is 2.08 bits per heavy atom. The molecule has 4 heteroatoms. The number of carbonyl (C=O) groups is 1. The van der Waals surface area contributed by atoms with Crippen LogP contribution in [0.1, 0.15) is 50.5 Å². The fourth-order valence-electron chi connectivity index (χ4n) is 4.64. The van der Waals surface area contributed by atoms with Crippen LogP contribution in [-0.2, 0) is 10.2 Å². The smallest absolute Gasteiger partial charge is 0.237 e. The molecule has 1 aliphatic heterocycles. The summed E-state index contributed by atoms with van der Waals surface area (Å²) in [6, 6.07) is 8.16. The molecule has 1 aromatic carbocycles. The van der Waals surface area contributed by atoms with Crippen LogP contribution >= 0.6 is 0 Å². The summed E-state index contributed by atoms with van der Waals surface area (Å²) >= 11 is 0. The minimum absolute atomic E-state index is 0.0200. The van der Waals surface area contributed by atoms with Gasteiger partial charge < -0.3 is 10.1 Å². The predicted octanol–water partition coefficient (Wildman–Crippen LogP) is 3.11. The fraction of sp³-hybridized carbons (Fsp3) is 0.591. The summed E-state index contributed by atoms with van der Waals surface area (Å²) in [5, 5.41) is 3.27. The topological polar surface area (TPSA) is 41.6 Å². The first-order valence-electron chi connectivity index (χ1n) is 9.79. The van der Waals surface area contributed by atoms with E-state index in [9.17, 15) is 4.79 Å². The third kappa shape index (κ3) is 3.88. The van der Waals surface area contributed by atoms with Crippen LogP contribution in [0.3, 0.4) is 0 Å². The van der Waals surface area contributed by atoms with E-state index in [0.29, 0.717) is 13.1 Å². The second kappa shape index (κ2) is 8.60. The molecule has 1 aliphatic carbocycles. The average Bonchev–Trinajstić information content (AvgIpc) is 3.17. The van der Waals surface area contributed by atoms with Gasteiger partial charge in [-0.1, -0.05) is 43.4 Å². The van der Waals surface area contributed by atoms with Crippen LogP contribution in [0.25, 0.3) is 0 Å². The van der Waals surface area contributed by atoms with Gasteiger partial charge in [-0.25, -0.2) is 0 Å². The van der Waals surface area contributed by atoms with Crippen molar-refractivity contribution in [3.05, 3.63) is 29.8 Å². The van der Waals surface area contributed by atoms with Crippen LogP contribution in [0.15, 0.2) is 24.3 Å². The van der Waals surface area contributed by atoms with Gasteiger partial charge in [-0.3, -0.25) is 9.69 Å². The summed E-state index contributed by atoms with van der Waals surface area (Å²) in [6.45, 7) is 2.14. The van der Waals surface area contributed by atoms with E-state index < -0.39 is 0 Å². The van der Waals surface area contributed by atoms with Crippen LogP contribution in [-0.4, -0.2) is 43.6 Å². The lowest BCUT2D eigenvalue weighted by molar-refractivity contribution is -0.127. The first-order valence-corrected chi connectivity index (χ1v) is 9.79. The van der Waals surface area contributed by atoms with Gasteiger partial charge in [0.05, 0.1) is 19.7 Å². The van der Waals surface area contributed by atoms with E-state index in [0.717, 1.165) is 44.4 Å². The molecule has 1 unspecified atom stereocenters. The highest BCUT2D eigenvalue weighted by atomic mass is 16.5. The molecular weight excluding hydrogens is 324 g/mol. The molecule has 0 radical (unpaired) electrons. The van der Waals surface area contributed by atoms with E-state index in [-0.39, 0.29) is 17.4 Å². The molecular formula is C22H30N2O2. The van der Waals surface area contributed by atoms with Gasteiger partial charge in [-0.15, -0.1) is 6.42 Å². The zero-order valence-electron chi connectivity index (χ0n) is 15.8. The van der Waals surface area contributed by atoms with Crippen molar-refractivity contribution in [1.29, 1.82) is 0 Å². The predicted molar refractivity (Wildman–Crippen MR) is 104 cm³/mol. The van der Waals surface area contributed by atoms with Gasteiger partial charge >= 0.3 is 0 Å². The molecule has 0 spiro atoms. The van der Waals surface area contributed by atoms with Crippen LogP contribution in [0.5, 0.6) is 5.75 Å². The third-order valence-electron chi connectivity index (χ3n) is 6.05. The molecule has 26 heavy (non-hydrogen) atoms. The SMILES string of the molecule is C#CCN1CCCCC1C(=O)NCC1(c2ccccc2OC)CCCC1. The molecule has 3 rings (SSSR count). The van der Waals surface area contributed by atoms with Crippen molar-refractivity contribution in [1.82, 2.24) is 10.2 Å². The summed E-state index contributed by atoms with van der Waals surface area (Å²) in [7, 11) is 1.72. The highest BCUT2D eigenvalue weighted by molar-refractivity contribution is 5.82. The number of amides is 1. The van der Waals surface area contributed by atoms with Crippen molar-refractivity contribution >= 4 is 5.91 Å². The minimum Gasteiger partial charge on any atom is -0.496 e. The number of ether oxygens (including phenoxy) is 1. The van der Waals surface area contributed by atoms with Gasteiger partial charge in [-0.2, -0.15) is 0 Å². The number of nitrogens with zero attached hydrogens (tertiary/aromatic N) is 1. The summed E-state index contributed by atoms with van der Waals surface area (Å²) in [5.41, 5.74) is 1.21. The van der Waals surface area contributed by atoms with E-state index in [1.165, 1.54) is 18.4 Å². The van der Waals surface area contributed by atoms with Crippen LogP contribution in [0.4, 0.5) is 0 Å². The highest BCUT2D eigenvalue weighted by Crippen LogP contribution is 2.44. The Balaban J connectivity index is 1.73. The third-order valence-corrected chi connectivity index (χ3v) is 6.05. The summed E-state index contributed by atoms with van der Waals surface area (Å²) in [4.78, 5) is 15.1. The zero-order chi connectivity index (χ0) is 18.4. The summed E-state index contributed by atoms with van der Waals surface area (Å²) in [5.74, 6) is 3.75. The molecule has 1 saturated carbocycles. The standard InChI is InChI=1S/C22H30N2O2/c1-3-15-24-16-9-6-11-19(24)21(25)23-17-22(13-7-8-14-22)18-10-4-5-12-20(18)26-2/h1,4-5,10,12,19H,6-9,11,13-17H2,2H3,(H,23,25). The Labute approximate surface area is 157 Å². The van der Waals surface area contributed by atoms with Gasteiger partial charge in [0.25, 0.3) is 0 Å². The second-order valence-corrected chi connectivity index (χ2v) is 7.59. The van der Waals surface area contributed by atoms with Crippen molar-refractivity contribution in [2.45, 2.75) is 56.4 Å². The zero-order valence-corrected chi connectivity index (χ0v) is 15.8. The Morgan fingerprint density at radius 1 is 1.31 bits per heavy atom. The van der Waals surface area contributed by atoms with Gasteiger partial charge in [0.15, 0.2) is 0 Å². The van der Waals surface area contributed by atoms with E-state index in [4.69, 9.17) is 11.2 Å². The van der Waals surface area contributed by atoms with E-state index in [1.54, 1.807) is 7.11 Å². The molecule has 0 aromatic heterocycles. The maximum atomic E-state index is 12.9. The Kier molecular flexibility index (Phi) is 6.21. The van der Waals surface area contributed by atoms with Crippen LogP contribution in [0.2, 0.25) is 0 Å². The van der Waals surface area contributed by atoms with E-state index in [2.05, 4.69) is 28.3 Å². The lowest BCUT2D eigenvalue weighted by atomic mass is 9.78. The molecule has 1 amide bonds. The van der Waals surface area contributed by atoms with Crippen molar-refractivity contribution in [2.75, 3.05) is 26.7 Å². The number of nitrogens with one attached hydrogen (secondary N) is 1. The number of benzene rings is 1. The quantitative estimate of drug-likeness (QED) is 0.798. The fourth-order valence-corrected chi connectivity index (χ4v) is 4.64. The normalized spacial score (nSPS) is 22.5. The monoisotopic (exact) mass is 354 g/mol. The largest absolute Gasteiger partial charge is 0.496 e. The number of methoxy groups -OCH3 is 1. The number of hydrogen-bond donors (Lipinski definition) is 1. The van der Waals surface area contributed by atoms with Crippen molar-refractivity contribution in [2.24, 2.45) is 0 Å². The molecule has 140 valence electrons.